The van der Waals surface area contributed by atoms with Crippen molar-refractivity contribution in [2.45, 2.75) is 6.42 Å². The first-order valence-electron chi connectivity index (χ1n) is 12.3. The van der Waals surface area contributed by atoms with Gasteiger partial charge in [-0.2, -0.15) is 0 Å². The minimum absolute atomic E-state index is 0.0213. The van der Waals surface area contributed by atoms with Crippen molar-refractivity contribution in [2.75, 3.05) is 54.0 Å². The molecule has 0 atom stereocenters. The number of hydrogen-bond donors (Lipinski definition) is 1. The van der Waals surface area contributed by atoms with Gasteiger partial charge in [0.2, 0.25) is 11.6 Å². The van der Waals surface area contributed by atoms with Crippen molar-refractivity contribution < 1.29 is 4.92 Å². The first-order valence-corrected chi connectivity index (χ1v) is 12.7. The van der Waals surface area contributed by atoms with Crippen molar-refractivity contribution >= 4 is 51.1 Å². The van der Waals surface area contributed by atoms with Crippen molar-refractivity contribution in [3.8, 4) is 0 Å². The van der Waals surface area contributed by atoms with Gasteiger partial charge in [0.25, 0.3) is 0 Å². The second kappa shape index (κ2) is 9.74. The average molecular weight is 516 g/mol. The summed E-state index contributed by atoms with van der Waals surface area (Å²) in [5, 5.41) is 14.2. The number of nitrogens with zero attached hydrogens (tertiary/aromatic N) is 6. The van der Waals surface area contributed by atoms with Gasteiger partial charge in [0.15, 0.2) is 0 Å². The van der Waals surface area contributed by atoms with Crippen molar-refractivity contribution in [1.29, 1.82) is 0 Å². The van der Waals surface area contributed by atoms with Gasteiger partial charge in [-0.1, -0.05) is 35.9 Å². The third-order valence-electron chi connectivity index (χ3n) is 7.18. The van der Waals surface area contributed by atoms with Crippen molar-refractivity contribution in [3.05, 3.63) is 87.8 Å². The number of aromatic amines is 1. The van der Waals surface area contributed by atoms with Crippen LogP contribution < -0.4 is 14.7 Å². The molecule has 188 valence electrons. The molecule has 0 bridgehead atoms. The van der Waals surface area contributed by atoms with Gasteiger partial charge in [0, 0.05) is 67.1 Å². The molecule has 2 aliphatic rings. The summed E-state index contributed by atoms with van der Waals surface area (Å²) in [6.07, 6.45) is 6.27. The topological polar surface area (TPSA) is 94.4 Å². The quantitative estimate of drug-likeness (QED) is 0.290. The lowest BCUT2D eigenvalue weighted by Gasteiger charge is -2.37. The first-order chi connectivity index (χ1) is 18.1. The van der Waals surface area contributed by atoms with Crippen LogP contribution in [-0.2, 0) is 0 Å². The highest BCUT2D eigenvalue weighted by Gasteiger charge is 2.32. The lowest BCUT2D eigenvalue weighted by atomic mass is 9.99. The highest BCUT2D eigenvalue weighted by molar-refractivity contribution is 6.30. The number of fused-ring (bicyclic) bond motifs is 1. The smallest absolute Gasteiger partial charge is 0.353 e. The van der Waals surface area contributed by atoms with E-state index < -0.39 is 0 Å². The number of nitrogens with one attached hydrogen (secondary N) is 1. The number of benzene rings is 2. The van der Waals surface area contributed by atoms with Gasteiger partial charge in [0.1, 0.15) is 6.33 Å². The fourth-order valence-electron chi connectivity index (χ4n) is 5.28. The Balaban J connectivity index is 1.22. The fourth-order valence-corrected chi connectivity index (χ4v) is 5.40. The van der Waals surface area contributed by atoms with Gasteiger partial charge in [-0.3, -0.25) is 10.1 Å². The summed E-state index contributed by atoms with van der Waals surface area (Å²) in [6.45, 7) is 3.96. The lowest BCUT2D eigenvalue weighted by Crippen LogP contribution is -2.47. The highest BCUT2D eigenvalue weighted by Crippen LogP contribution is 2.37. The molecule has 37 heavy (non-hydrogen) atoms. The van der Waals surface area contributed by atoms with Crippen LogP contribution in [0.1, 0.15) is 12.0 Å². The largest absolute Gasteiger partial charge is 0.367 e. The zero-order valence-electron chi connectivity index (χ0n) is 20.2. The van der Waals surface area contributed by atoms with E-state index >= 15 is 0 Å². The fraction of sp³-hybridized carbons (Fsp3) is 0.259. The second-order valence-electron chi connectivity index (χ2n) is 9.25. The minimum Gasteiger partial charge on any atom is -0.367 e. The van der Waals surface area contributed by atoms with Gasteiger partial charge in [-0.05, 0) is 47.9 Å². The Morgan fingerprint density at radius 1 is 0.892 bits per heavy atom. The maximum absolute atomic E-state index is 12.3. The van der Waals surface area contributed by atoms with E-state index in [2.05, 4.69) is 44.1 Å². The highest BCUT2D eigenvalue weighted by atomic mass is 35.5. The zero-order chi connectivity index (χ0) is 25.4. The molecule has 10 heteroatoms. The number of hydrogen-bond acceptors (Lipinski definition) is 7. The maximum atomic E-state index is 12.3. The molecule has 4 aromatic rings. The van der Waals surface area contributed by atoms with E-state index in [1.165, 1.54) is 23.0 Å². The molecule has 1 N–H and O–H groups in total. The van der Waals surface area contributed by atoms with Gasteiger partial charge in [-0.15, -0.1) is 0 Å². The molecule has 0 spiro atoms. The van der Waals surface area contributed by atoms with Crippen LogP contribution >= 0.6 is 11.6 Å². The van der Waals surface area contributed by atoms with E-state index in [1.807, 2.05) is 46.3 Å². The Bertz CT molecular complexity index is 1480. The van der Waals surface area contributed by atoms with Gasteiger partial charge >= 0.3 is 5.69 Å². The molecule has 0 aliphatic carbocycles. The van der Waals surface area contributed by atoms with Crippen LogP contribution in [0, 0.1) is 10.1 Å². The standard InChI is InChI=1S/C27H26ClN7O2/c28-21-6-4-19(5-7-21)20-9-12-33(13-10-20)26-25(35(36)37)27(31-18-30-26)34-16-14-32(15-17-34)24-3-1-2-23-22(24)8-11-29-23/h1-9,11,18,29H,10,12-17H2. The van der Waals surface area contributed by atoms with E-state index in [9.17, 15) is 10.1 Å². The van der Waals surface area contributed by atoms with Crippen molar-refractivity contribution in [1.82, 2.24) is 15.0 Å². The van der Waals surface area contributed by atoms with Crippen LogP contribution in [0.25, 0.3) is 16.5 Å². The van der Waals surface area contributed by atoms with Gasteiger partial charge in [0.05, 0.1) is 4.92 Å². The maximum Gasteiger partial charge on any atom is 0.353 e. The number of halogens is 1. The monoisotopic (exact) mass is 515 g/mol. The first kappa shape index (κ1) is 23.3. The summed E-state index contributed by atoms with van der Waals surface area (Å²) < 4.78 is 0. The molecule has 0 radical (unpaired) electrons. The predicted molar refractivity (Wildman–Crippen MR) is 148 cm³/mol. The summed E-state index contributed by atoms with van der Waals surface area (Å²) in [7, 11) is 0. The third-order valence-corrected chi connectivity index (χ3v) is 7.43. The zero-order valence-corrected chi connectivity index (χ0v) is 20.9. The Labute approximate surface area is 219 Å². The minimum atomic E-state index is -0.337. The molecular weight excluding hydrogens is 490 g/mol. The Hall–Kier alpha value is -4.11. The predicted octanol–water partition coefficient (Wildman–Crippen LogP) is 5.14. The molecule has 0 saturated carbocycles. The summed E-state index contributed by atoms with van der Waals surface area (Å²) in [5.74, 6) is 0.767. The van der Waals surface area contributed by atoms with Crippen LogP contribution in [0.4, 0.5) is 23.0 Å². The Morgan fingerprint density at radius 2 is 1.62 bits per heavy atom. The van der Waals surface area contributed by atoms with E-state index in [4.69, 9.17) is 11.6 Å². The molecule has 0 unspecified atom stereocenters. The van der Waals surface area contributed by atoms with Gasteiger partial charge < -0.3 is 19.7 Å². The van der Waals surface area contributed by atoms with Crippen LogP contribution in [0.2, 0.25) is 5.02 Å². The number of nitro groups is 1. The summed E-state index contributed by atoms with van der Waals surface area (Å²) >= 11 is 6.02. The molecule has 2 aliphatic heterocycles. The number of aromatic nitrogens is 3. The number of anilines is 3. The Kier molecular flexibility index (Phi) is 6.13. The Morgan fingerprint density at radius 3 is 2.32 bits per heavy atom. The van der Waals surface area contributed by atoms with Crippen LogP contribution in [-0.4, -0.2) is 59.1 Å². The molecular formula is C27H26ClN7O2. The molecule has 0 amide bonds. The van der Waals surface area contributed by atoms with Crippen molar-refractivity contribution in [2.24, 2.45) is 0 Å². The summed E-state index contributed by atoms with van der Waals surface area (Å²) in [4.78, 5) is 30.3. The SMILES string of the molecule is O=[N+]([O-])c1c(N2CC=C(c3ccc(Cl)cc3)CC2)ncnc1N1CCN(c2cccc3[nH]ccc23)CC1. The molecule has 1 saturated heterocycles. The van der Waals surface area contributed by atoms with Crippen LogP contribution in [0.3, 0.4) is 0 Å². The molecule has 4 heterocycles. The second-order valence-corrected chi connectivity index (χ2v) is 9.69. The molecule has 2 aromatic carbocycles. The van der Waals surface area contributed by atoms with E-state index in [-0.39, 0.29) is 10.6 Å². The molecule has 1 fully saturated rings. The third kappa shape index (κ3) is 4.46. The number of H-pyrrole nitrogens is 1. The van der Waals surface area contributed by atoms with Crippen molar-refractivity contribution in [3.63, 3.8) is 0 Å². The summed E-state index contributed by atoms with van der Waals surface area (Å²) in [6, 6.07) is 16.1. The van der Waals surface area contributed by atoms with Gasteiger partial charge in [-0.25, -0.2) is 9.97 Å². The van der Waals surface area contributed by atoms with E-state index in [0.29, 0.717) is 42.8 Å². The molecule has 6 rings (SSSR count). The van der Waals surface area contributed by atoms with E-state index in [1.54, 1.807) is 0 Å². The normalized spacial score (nSPS) is 16.2. The van der Waals surface area contributed by atoms with E-state index in [0.717, 1.165) is 30.6 Å². The lowest BCUT2D eigenvalue weighted by molar-refractivity contribution is -0.383. The number of rotatable bonds is 5. The summed E-state index contributed by atoms with van der Waals surface area (Å²) in [5.41, 5.74) is 4.58. The molecule has 2 aromatic heterocycles. The number of piperazine rings is 1. The van der Waals surface area contributed by atoms with Crippen LogP contribution in [0.5, 0.6) is 0 Å². The molecule has 9 nitrogen and oxygen atoms in total. The van der Waals surface area contributed by atoms with Crippen LogP contribution in [0.15, 0.2) is 67.1 Å². The average Bonchev–Trinajstić information content (AvgIpc) is 3.43.